The fourth-order valence-electron chi connectivity index (χ4n) is 7.02. The normalized spacial score (nSPS) is 20.6. The number of aromatic nitrogens is 4. The second-order valence-electron chi connectivity index (χ2n) is 12.9. The van der Waals surface area contributed by atoms with Gasteiger partial charge < -0.3 is 14.9 Å². The van der Waals surface area contributed by atoms with Gasteiger partial charge in [0.25, 0.3) is 5.95 Å². The molecule has 1 aliphatic heterocycles. The number of halogens is 9. The Kier molecular flexibility index (Phi) is 10.1. The quantitative estimate of drug-likeness (QED) is 0.237. The molecule has 268 valence electrons. The molecular formula is C32H35F9N6O2. The Morgan fingerprint density at radius 1 is 0.878 bits per heavy atom. The van der Waals surface area contributed by atoms with Crippen molar-refractivity contribution >= 4 is 17.6 Å². The largest absolute Gasteiger partial charge is 0.481 e. The summed E-state index contributed by atoms with van der Waals surface area (Å²) in [4.78, 5) is 15.5. The van der Waals surface area contributed by atoms with Crippen LogP contribution in [-0.4, -0.2) is 44.4 Å². The van der Waals surface area contributed by atoms with Crippen LogP contribution in [0.5, 0.6) is 0 Å². The van der Waals surface area contributed by atoms with Gasteiger partial charge in [-0.1, -0.05) is 11.2 Å². The van der Waals surface area contributed by atoms with E-state index in [-0.39, 0.29) is 53.5 Å². The number of aryl methyl sites for hydroxylation is 2. The highest BCUT2D eigenvalue weighted by Gasteiger charge is 2.40. The molecule has 0 amide bonds. The van der Waals surface area contributed by atoms with E-state index in [4.69, 9.17) is 0 Å². The van der Waals surface area contributed by atoms with Crippen molar-refractivity contribution < 1.29 is 49.4 Å². The molecule has 0 saturated heterocycles. The van der Waals surface area contributed by atoms with E-state index in [0.717, 1.165) is 10.9 Å². The third kappa shape index (κ3) is 8.58. The van der Waals surface area contributed by atoms with Crippen LogP contribution in [0.4, 0.5) is 51.1 Å². The van der Waals surface area contributed by atoms with Crippen LogP contribution < -0.4 is 9.80 Å². The lowest BCUT2D eigenvalue weighted by atomic mass is 9.80. The molecule has 1 saturated carbocycles. The number of carbonyl (C=O) groups is 1. The highest BCUT2D eigenvalue weighted by molar-refractivity contribution is 5.67. The van der Waals surface area contributed by atoms with Crippen molar-refractivity contribution in [2.75, 3.05) is 22.9 Å². The van der Waals surface area contributed by atoms with Crippen LogP contribution in [0.1, 0.15) is 84.4 Å². The predicted octanol–water partition coefficient (Wildman–Crippen LogP) is 8.20. The van der Waals surface area contributed by atoms with Gasteiger partial charge in [-0.25, -0.2) is 0 Å². The van der Waals surface area contributed by atoms with Gasteiger partial charge in [0.05, 0.1) is 29.8 Å². The Morgan fingerprint density at radius 2 is 1.49 bits per heavy atom. The van der Waals surface area contributed by atoms with E-state index in [0.29, 0.717) is 62.9 Å². The minimum absolute atomic E-state index is 0.0239. The Hall–Kier alpha value is -4.05. The topological polar surface area (TPSA) is 87.4 Å². The van der Waals surface area contributed by atoms with Crippen molar-refractivity contribution in [3.8, 4) is 0 Å². The summed E-state index contributed by atoms with van der Waals surface area (Å²) in [5.74, 6) is -0.899. The molecule has 1 atom stereocenters. The second kappa shape index (κ2) is 13.7. The first-order chi connectivity index (χ1) is 22.8. The molecular weight excluding hydrogens is 671 g/mol. The molecule has 0 spiro atoms. The summed E-state index contributed by atoms with van der Waals surface area (Å²) in [7, 11) is 1.43. The third-order valence-corrected chi connectivity index (χ3v) is 9.32. The van der Waals surface area contributed by atoms with Crippen LogP contribution >= 0.6 is 0 Å². The molecule has 1 aromatic heterocycles. The van der Waals surface area contributed by atoms with Gasteiger partial charge in [-0.3, -0.25) is 4.79 Å². The van der Waals surface area contributed by atoms with Gasteiger partial charge in [-0.05, 0) is 103 Å². The number of hydrogen-bond donors (Lipinski definition) is 1. The zero-order valence-electron chi connectivity index (χ0n) is 26.6. The Balaban J connectivity index is 1.58. The number of tetrazole rings is 1. The van der Waals surface area contributed by atoms with Gasteiger partial charge in [-0.15, -0.1) is 5.10 Å². The van der Waals surface area contributed by atoms with Crippen molar-refractivity contribution in [1.29, 1.82) is 0 Å². The van der Waals surface area contributed by atoms with Crippen molar-refractivity contribution in [3.05, 3.63) is 63.7 Å². The summed E-state index contributed by atoms with van der Waals surface area (Å²) in [5, 5.41) is 21.2. The second-order valence-corrected chi connectivity index (χ2v) is 12.9. The van der Waals surface area contributed by atoms with Crippen molar-refractivity contribution in [2.24, 2.45) is 18.9 Å². The van der Waals surface area contributed by atoms with E-state index in [9.17, 15) is 49.4 Å². The Morgan fingerprint density at radius 3 is 2.02 bits per heavy atom. The number of carboxylic acids is 1. The van der Waals surface area contributed by atoms with Crippen LogP contribution in [0.25, 0.3) is 0 Å². The molecule has 0 bridgehead atoms. The lowest BCUT2D eigenvalue weighted by Gasteiger charge is -2.35. The van der Waals surface area contributed by atoms with Gasteiger partial charge in [0, 0.05) is 31.7 Å². The first-order valence-corrected chi connectivity index (χ1v) is 15.8. The molecule has 17 heteroatoms. The lowest BCUT2D eigenvalue weighted by molar-refractivity contribution is -0.143. The maximum Gasteiger partial charge on any atom is 0.416 e. The standard InChI is InChI=1S/C32H35F9N6O2/c1-18-10-24-26(47(29-42-44-45(2)43-29)17-21-11-22(30(33,34)35)14-23(12-21)31(36,37)38)4-3-9-46(27(24)15-25(18)32(39,40)41)16-20-7-5-19(6-8-20)13-28(48)49/h10-12,14-15,19-20,26H,3-9,13,16-17H2,1-2H3,(H,48,49). The number of fused-ring (bicyclic) bond motifs is 1. The molecule has 1 N–H and O–H groups in total. The van der Waals surface area contributed by atoms with Crippen molar-refractivity contribution in [2.45, 2.75) is 83.0 Å². The van der Waals surface area contributed by atoms with Crippen LogP contribution in [0.3, 0.4) is 0 Å². The Labute approximate surface area is 275 Å². The van der Waals surface area contributed by atoms with Crippen LogP contribution in [0.15, 0.2) is 30.3 Å². The van der Waals surface area contributed by atoms with E-state index in [1.165, 1.54) is 24.9 Å². The maximum absolute atomic E-state index is 14.2. The number of carboxylic acid groups (broad SMARTS) is 1. The van der Waals surface area contributed by atoms with Crippen molar-refractivity contribution in [1.82, 2.24) is 20.2 Å². The van der Waals surface area contributed by atoms with Gasteiger partial charge in [0.2, 0.25) is 0 Å². The van der Waals surface area contributed by atoms with Crippen molar-refractivity contribution in [3.63, 3.8) is 0 Å². The molecule has 0 radical (unpaired) electrons. The molecule has 1 fully saturated rings. The smallest absolute Gasteiger partial charge is 0.416 e. The fourth-order valence-corrected chi connectivity index (χ4v) is 7.02. The average molecular weight is 707 g/mol. The summed E-state index contributed by atoms with van der Waals surface area (Å²) in [5.41, 5.74) is -3.66. The Bertz CT molecular complexity index is 1610. The molecule has 3 aromatic rings. The van der Waals surface area contributed by atoms with Gasteiger partial charge >= 0.3 is 24.5 Å². The monoisotopic (exact) mass is 706 g/mol. The highest BCUT2D eigenvalue weighted by atomic mass is 19.4. The lowest BCUT2D eigenvalue weighted by Crippen LogP contribution is -2.33. The summed E-state index contributed by atoms with van der Waals surface area (Å²) in [6.07, 6.45) is -11.4. The van der Waals surface area contributed by atoms with Crippen LogP contribution in [0.2, 0.25) is 0 Å². The van der Waals surface area contributed by atoms with Crippen LogP contribution in [0, 0.1) is 18.8 Å². The van der Waals surface area contributed by atoms with E-state index in [1.54, 1.807) is 0 Å². The molecule has 8 nitrogen and oxygen atoms in total. The number of aliphatic carboxylic acids is 1. The predicted molar refractivity (Wildman–Crippen MR) is 159 cm³/mol. The van der Waals surface area contributed by atoms with E-state index >= 15 is 0 Å². The molecule has 1 aliphatic carbocycles. The number of alkyl halides is 9. The summed E-state index contributed by atoms with van der Waals surface area (Å²) in [6.45, 7) is 1.50. The first-order valence-electron chi connectivity index (χ1n) is 15.8. The van der Waals surface area contributed by atoms with E-state index in [1.807, 2.05) is 4.90 Å². The van der Waals surface area contributed by atoms with Gasteiger partial charge in [0.15, 0.2) is 0 Å². The molecule has 49 heavy (non-hydrogen) atoms. The fraction of sp³-hybridized carbons (Fsp3) is 0.562. The molecule has 2 aliphatic rings. The van der Waals surface area contributed by atoms with E-state index < -0.39 is 53.8 Å². The molecule has 1 unspecified atom stereocenters. The molecule has 2 aromatic carbocycles. The average Bonchev–Trinajstić information content (AvgIpc) is 3.35. The first kappa shape index (κ1) is 36.2. The number of nitrogens with zero attached hydrogens (tertiary/aromatic N) is 6. The third-order valence-electron chi connectivity index (χ3n) is 9.32. The highest BCUT2D eigenvalue weighted by Crippen LogP contribution is 2.45. The number of benzene rings is 2. The number of hydrogen-bond acceptors (Lipinski definition) is 6. The van der Waals surface area contributed by atoms with Gasteiger partial charge in [-0.2, -0.15) is 44.3 Å². The minimum atomic E-state index is -5.08. The minimum Gasteiger partial charge on any atom is -0.481 e. The summed E-state index contributed by atoms with van der Waals surface area (Å²) >= 11 is 0. The molecule has 5 rings (SSSR count). The summed E-state index contributed by atoms with van der Waals surface area (Å²) < 4.78 is 125. The maximum atomic E-state index is 14.2. The summed E-state index contributed by atoms with van der Waals surface area (Å²) in [6, 6.07) is 2.85. The SMILES string of the molecule is Cc1cc2c(cc1C(F)(F)F)N(CC1CCC(CC(=O)O)CC1)CCCC2N(Cc1cc(C(F)(F)F)cc(C(F)(F)F)c1)c1nnn(C)n1. The zero-order valence-corrected chi connectivity index (χ0v) is 26.6. The van der Waals surface area contributed by atoms with Crippen LogP contribution in [-0.2, 0) is 36.9 Å². The van der Waals surface area contributed by atoms with Gasteiger partial charge in [0.1, 0.15) is 0 Å². The number of anilines is 2. The number of rotatable bonds is 8. The molecule has 2 heterocycles. The van der Waals surface area contributed by atoms with E-state index in [2.05, 4.69) is 15.4 Å². The zero-order chi connectivity index (χ0) is 35.9.